The number of nitrogens with two attached hydrogens (primary N) is 3. The summed E-state index contributed by atoms with van der Waals surface area (Å²) in [5.74, 6) is -9.62. The molecular weight excluding hydrogens is 939 g/mol. The number of aliphatic carboxylic acids is 2. The first-order valence-electron chi connectivity index (χ1n) is 23.0. The van der Waals surface area contributed by atoms with Crippen LogP contribution in [0.5, 0.6) is 0 Å². The second-order valence-corrected chi connectivity index (χ2v) is 17.7. The van der Waals surface area contributed by atoms with E-state index in [2.05, 4.69) is 62.5 Å². The van der Waals surface area contributed by atoms with Gasteiger partial charge < -0.3 is 69.5 Å². The fraction of sp³-hybridized carbons (Fsp3) is 0.636. The van der Waals surface area contributed by atoms with Gasteiger partial charge in [-0.05, 0) is 75.9 Å². The number of carbonyl (C=O) groups is 10. The lowest BCUT2D eigenvalue weighted by atomic mass is 10.0. The predicted octanol–water partition coefficient (Wildman–Crippen LogP) is -2.70. The molecule has 1 fully saturated rings. The summed E-state index contributed by atoms with van der Waals surface area (Å²) in [5, 5.41) is 36.5. The molecule has 1 aliphatic rings. The first-order chi connectivity index (χ1) is 32.8. The molecule has 8 atom stereocenters. The van der Waals surface area contributed by atoms with E-state index in [1.54, 1.807) is 44.2 Å². The summed E-state index contributed by atoms with van der Waals surface area (Å²) >= 11 is 8.43. The fourth-order valence-corrected chi connectivity index (χ4v) is 7.78. The summed E-state index contributed by atoms with van der Waals surface area (Å²) in [6, 6.07) is -0.864. The molecule has 0 aromatic heterocycles. The van der Waals surface area contributed by atoms with Crippen molar-refractivity contribution in [3.8, 4) is 0 Å². The molecule has 1 saturated heterocycles. The molecule has 1 heterocycles. The van der Waals surface area contributed by atoms with Crippen LogP contribution in [0.25, 0.3) is 0 Å². The van der Waals surface area contributed by atoms with E-state index in [1.807, 2.05) is 0 Å². The van der Waals surface area contributed by atoms with Crippen LogP contribution in [0.15, 0.2) is 30.3 Å². The van der Waals surface area contributed by atoms with Crippen LogP contribution in [-0.4, -0.2) is 160 Å². The van der Waals surface area contributed by atoms with Gasteiger partial charge in [-0.25, -0.2) is 4.79 Å². The van der Waals surface area contributed by atoms with Gasteiger partial charge in [-0.3, -0.25) is 43.2 Å². The van der Waals surface area contributed by atoms with Gasteiger partial charge in [0, 0.05) is 30.9 Å². The normalized spacial score (nSPS) is 16.3. The molecule has 1 aliphatic heterocycles. The second-order valence-electron chi connectivity index (χ2n) is 17.0. The number of carbonyl (C=O) groups excluding carboxylic acids is 8. The number of likely N-dealkylation sites (tertiary alicyclic amines) is 1. The summed E-state index contributed by atoms with van der Waals surface area (Å²) in [5.41, 5.74) is 18.0. The van der Waals surface area contributed by atoms with Crippen LogP contribution in [-0.2, 0) is 54.4 Å². The van der Waals surface area contributed by atoms with E-state index in [9.17, 15) is 58.2 Å². The molecule has 386 valence electrons. The standard InChI is InChI=1S/C44H71N11O12S2/c1-25(2)36(44(66)67)54-41(63)31(23-68)52-39(61)28(14-7-9-19-46)49-34(56)22-48-38(60)29(16-17-35(57)58)50-42(64)33-15-10-20-55(33)43(65)32(24-69)53-40(62)30(21-26-11-4-3-5-12-26)51-37(59)27(47)13-6-8-18-45/h3-5,11-12,25,27-33,36,68-69H,6-10,13-24,45-47H2,1-2H3,(H,48,60)(H,49,56)(H,50,64)(H,51,59)(H,52,61)(H,53,62)(H,54,63)(H,57,58)(H,66,67)/t27-,28-,29-,30-,31-,32-,33-,36-/m0/s1. The SMILES string of the molecule is CC(C)[C@H](NC(=O)[C@H](CS)NC(=O)[C@H](CCCCN)NC(=O)CNC(=O)[C@H](CCC(=O)O)NC(=O)[C@@H]1CCCN1C(=O)[C@H](CS)NC(=O)[C@H](Cc1ccccc1)NC(=O)[C@@H](N)CCCCN)C(=O)O. The molecule has 25 heteroatoms. The lowest BCUT2D eigenvalue weighted by Crippen LogP contribution is -2.59. The van der Waals surface area contributed by atoms with Gasteiger partial charge in [0.1, 0.15) is 42.3 Å². The molecular formula is C44H71N11O12S2. The third-order valence-electron chi connectivity index (χ3n) is 11.2. The molecule has 15 N–H and O–H groups in total. The highest BCUT2D eigenvalue weighted by atomic mass is 32.1. The minimum atomic E-state index is -1.50. The highest BCUT2D eigenvalue weighted by Crippen LogP contribution is 2.20. The van der Waals surface area contributed by atoms with Gasteiger partial charge in [0.15, 0.2) is 0 Å². The first-order valence-corrected chi connectivity index (χ1v) is 24.3. The number of hydrogen-bond donors (Lipinski definition) is 14. The topological polar surface area (TPSA) is 377 Å². The van der Waals surface area contributed by atoms with Crippen molar-refractivity contribution in [2.24, 2.45) is 23.1 Å². The van der Waals surface area contributed by atoms with Crippen LogP contribution in [0.1, 0.15) is 83.6 Å². The van der Waals surface area contributed by atoms with Crippen molar-refractivity contribution in [1.82, 2.24) is 42.1 Å². The summed E-state index contributed by atoms with van der Waals surface area (Å²) in [7, 11) is 0. The van der Waals surface area contributed by atoms with Crippen molar-refractivity contribution in [2.45, 2.75) is 133 Å². The molecule has 8 amide bonds. The monoisotopic (exact) mass is 1010 g/mol. The van der Waals surface area contributed by atoms with E-state index in [4.69, 9.17) is 17.2 Å². The van der Waals surface area contributed by atoms with Gasteiger partial charge in [-0.2, -0.15) is 25.3 Å². The Balaban J connectivity index is 2.18. The van der Waals surface area contributed by atoms with Gasteiger partial charge in [0.2, 0.25) is 47.3 Å². The predicted molar refractivity (Wildman–Crippen MR) is 260 cm³/mol. The van der Waals surface area contributed by atoms with Crippen LogP contribution < -0.4 is 54.4 Å². The molecule has 0 aliphatic carbocycles. The largest absolute Gasteiger partial charge is 0.481 e. The Labute approximate surface area is 412 Å². The summed E-state index contributed by atoms with van der Waals surface area (Å²) < 4.78 is 0. The van der Waals surface area contributed by atoms with Crippen LogP contribution in [0.2, 0.25) is 0 Å². The van der Waals surface area contributed by atoms with Crippen molar-refractivity contribution in [3.63, 3.8) is 0 Å². The third-order valence-corrected chi connectivity index (χ3v) is 11.9. The number of amides is 8. The Hall–Kier alpha value is -5.50. The number of carboxylic acid groups (broad SMARTS) is 2. The number of nitrogens with zero attached hydrogens (tertiary/aromatic N) is 1. The number of nitrogens with one attached hydrogen (secondary N) is 7. The maximum absolute atomic E-state index is 14.0. The number of carboxylic acids is 2. The van der Waals surface area contributed by atoms with Crippen molar-refractivity contribution in [1.29, 1.82) is 0 Å². The minimum Gasteiger partial charge on any atom is -0.481 e. The zero-order valence-electron chi connectivity index (χ0n) is 39.2. The molecule has 23 nitrogen and oxygen atoms in total. The van der Waals surface area contributed by atoms with E-state index in [-0.39, 0.29) is 43.9 Å². The Morgan fingerprint density at radius 1 is 0.681 bits per heavy atom. The molecule has 0 unspecified atom stereocenters. The molecule has 0 radical (unpaired) electrons. The van der Waals surface area contributed by atoms with Crippen LogP contribution in [0.3, 0.4) is 0 Å². The third kappa shape index (κ3) is 20.9. The van der Waals surface area contributed by atoms with Gasteiger partial charge in [-0.15, -0.1) is 0 Å². The molecule has 1 aromatic rings. The number of benzene rings is 1. The molecule has 0 spiro atoms. The summed E-state index contributed by atoms with van der Waals surface area (Å²) in [4.78, 5) is 132. The zero-order valence-corrected chi connectivity index (χ0v) is 40.9. The van der Waals surface area contributed by atoms with Crippen molar-refractivity contribution >= 4 is 84.5 Å². The van der Waals surface area contributed by atoms with Crippen LogP contribution >= 0.6 is 25.3 Å². The van der Waals surface area contributed by atoms with Gasteiger partial charge in [-0.1, -0.05) is 50.6 Å². The van der Waals surface area contributed by atoms with Gasteiger partial charge in [0.25, 0.3) is 0 Å². The van der Waals surface area contributed by atoms with Gasteiger partial charge >= 0.3 is 11.9 Å². The summed E-state index contributed by atoms with van der Waals surface area (Å²) in [6.45, 7) is 3.25. The number of hydrogen-bond acceptors (Lipinski definition) is 15. The average molecular weight is 1010 g/mol. The Bertz CT molecular complexity index is 1900. The Kier molecular flexibility index (Phi) is 27.3. The molecule has 0 bridgehead atoms. The number of thiol groups is 2. The van der Waals surface area contributed by atoms with E-state index in [1.165, 1.54) is 4.90 Å². The van der Waals surface area contributed by atoms with Crippen molar-refractivity contribution < 1.29 is 58.2 Å². The summed E-state index contributed by atoms with van der Waals surface area (Å²) in [6.07, 6.45) is 2.10. The van der Waals surface area contributed by atoms with E-state index < -0.39 is 133 Å². The Morgan fingerprint density at radius 3 is 1.83 bits per heavy atom. The number of rotatable bonds is 32. The molecule has 0 saturated carbocycles. The zero-order chi connectivity index (χ0) is 51.6. The highest BCUT2D eigenvalue weighted by Gasteiger charge is 2.40. The first kappa shape index (κ1) is 59.6. The average Bonchev–Trinajstić information content (AvgIpc) is 3.82. The van der Waals surface area contributed by atoms with Gasteiger partial charge in [0.05, 0.1) is 12.6 Å². The number of unbranched alkanes of at least 4 members (excludes halogenated alkanes) is 2. The van der Waals surface area contributed by atoms with E-state index >= 15 is 0 Å². The second kappa shape index (κ2) is 31.6. The Morgan fingerprint density at radius 2 is 1.25 bits per heavy atom. The molecule has 2 rings (SSSR count). The van der Waals surface area contributed by atoms with Crippen molar-refractivity contribution in [3.05, 3.63) is 35.9 Å². The van der Waals surface area contributed by atoms with Crippen LogP contribution in [0.4, 0.5) is 0 Å². The lowest BCUT2D eigenvalue weighted by molar-refractivity contribution is -0.143. The minimum absolute atomic E-state index is 0.0640. The lowest BCUT2D eigenvalue weighted by Gasteiger charge is -2.30. The fourth-order valence-electron chi connectivity index (χ4n) is 7.27. The van der Waals surface area contributed by atoms with Crippen molar-refractivity contribution in [2.75, 3.05) is 37.7 Å². The smallest absolute Gasteiger partial charge is 0.326 e. The molecule has 1 aromatic carbocycles. The maximum Gasteiger partial charge on any atom is 0.326 e. The van der Waals surface area contributed by atoms with E-state index in [0.717, 1.165) is 0 Å². The maximum atomic E-state index is 14.0. The van der Waals surface area contributed by atoms with E-state index in [0.29, 0.717) is 50.6 Å². The molecule has 69 heavy (non-hydrogen) atoms. The highest BCUT2D eigenvalue weighted by molar-refractivity contribution is 7.80. The quantitative estimate of drug-likeness (QED) is 0.0258. The van der Waals surface area contributed by atoms with Crippen LogP contribution in [0, 0.1) is 5.92 Å².